The summed E-state index contributed by atoms with van der Waals surface area (Å²) in [5.41, 5.74) is 7.02. The first-order chi connectivity index (χ1) is 16.5. The van der Waals surface area contributed by atoms with E-state index in [9.17, 15) is 29.4 Å². The van der Waals surface area contributed by atoms with Gasteiger partial charge >= 0.3 is 5.97 Å². The summed E-state index contributed by atoms with van der Waals surface area (Å²) in [5.74, 6) is -3.93. The molecule has 2 rings (SSSR count). The molecule has 2 heterocycles. The van der Waals surface area contributed by atoms with Gasteiger partial charge in [0.2, 0.25) is 17.7 Å². The van der Waals surface area contributed by atoms with Crippen LogP contribution in [0.4, 0.5) is 0 Å². The Labute approximate surface area is 201 Å². The van der Waals surface area contributed by atoms with Crippen LogP contribution in [-0.2, 0) is 32.0 Å². The third-order valence-corrected chi connectivity index (χ3v) is 5.23. The standard InChI is InChI=1S/C21H32N8O6/c1-10(2)16(19(32)27-15(21(34)35)5-13-7-24-9-26-13)28-20(33)17(11(3)30)29-18(31)14(22)4-12-6-23-8-25-12/h6-11,14-17,30H,4-5,22H2,1-3H3,(H,23,25)(H,24,26)(H,27,32)(H,28,33)(H,29,31)(H,34,35). The summed E-state index contributed by atoms with van der Waals surface area (Å²) in [6.45, 7) is 4.62. The Morgan fingerprint density at radius 1 is 0.886 bits per heavy atom. The molecule has 0 fully saturated rings. The molecule has 35 heavy (non-hydrogen) atoms. The first-order valence-corrected chi connectivity index (χ1v) is 11.0. The van der Waals surface area contributed by atoms with Crippen molar-refractivity contribution in [2.24, 2.45) is 11.7 Å². The van der Waals surface area contributed by atoms with Gasteiger partial charge in [0.1, 0.15) is 18.1 Å². The first kappa shape index (κ1) is 27.5. The predicted octanol–water partition coefficient (Wildman–Crippen LogP) is -2.18. The molecule has 0 bridgehead atoms. The molecule has 0 aliphatic carbocycles. The number of amides is 3. The summed E-state index contributed by atoms with van der Waals surface area (Å²) in [5, 5.41) is 26.9. The summed E-state index contributed by atoms with van der Waals surface area (Å²) in [7, 11) is 0. The number of aromatic nitrogens is 4. The number of carboxylic acids is 1. The number of nitrogens with two attached hydrogens (primary N) is 1. The number of imidazole rings is 2. The number of hydrogen-bond acceptors (Lipinski definition) is 8. The van der Waals surface area contributed by atoms with E-state index in [1.54, 1.807) is 13.8 Å². The van der Waals surface area contributed by atoms with Crippen molar-refractivity contribution in [3.05, 3.63) is 36.4 Å². The highest BCUT2D eigenvalue weighted by molar-refractivity contribution is 5.94. The third kappa shape index (κ3) is 8.19. The van der Waals surface area contributed by atoms with Crippen LogP contribution in [0.2, 0.25) is 0 Å². The molecule has 14 heteroatoms. The van der Waals surface area contributed by atoms with E-state index in [0.29, 0.717) is 11.4 Å². The van der Waals surface area contributed by atoms with E-state index in [-0.39, 0.29) is 12.8 Å². The van der Waals surface area contributed by atoms with Crippen LogP contribution in [0.15, 0.2) is 25.0 Å². The monoisotopic (exact) mass is 492 g/mol. The summed E-state index contributed by atoms with van der Waals surface area (Å²) < 4.78 is 0. The van der Waals surface area contributed by atoms with Gasteiger partial charge in [-0.25, -0.2) is 14.8 Å². The van der Waals surface area contributed by atoms with E-state index in [1.807, 2.05) is 0 Å². The summed E-state index contributed by atoms with van der Waals surface area (Å²) in [6, 6.07) is -4.83. The van der Waals surface area contributed by atoms with Gasteiger partial charge in [0.15, 0.2) is 0 Å². The molecule has 3 amide bonds. The van der Waals surface area contributed by atoms with E-state index in [2.05, 4.69) is 35.9 Å². The average molecular weight is 493 g/mol. The first-order valence-electron chi connectivity index (χ1n) is 11.0. The van der Waals surface area contributed by atoms with Gasteiger partial charge in [-0.15, -0.1) is 0 Å². The zero-order chi connectivity index (χ0) is 26.1. The summed E-state index contributed by atoms with van der Waals surface area (Å²) in [4.78, 5) is 63.2. The molecule has 0 aliphatic rings. The van der Waals surface area contributed by atoms with Gasteiger partial charge in [-0.1, -0.05) is 13.8 Å². The topological polar surface area (TPSA) is 228 Å². The minimum atomic E-state index is -1.40. The lowest BCUT2D eigenvalue weighted by atomic mass is 10.0. The maximum absolute atomic E-state index is 12.9. The van der Waals surface area contributed by atoms with Crippen LogP contribution in [0, 0.1) is 5.92 Å². The van der Waals surface area contributed by atoms with Crippen molar-refractivity contribution in [3.8, 4) is 0 Å². The Bertz CT molecular complexity index is 976. The zero-order valence-corrected chi connectivity index (χ0v) is 19.7. The molecule has 14 nitrogen and oxygen atoms in total. The van der Waals surface area contributed by atoms with Crippen molar-refractivity contribution < 1.29 is 29.4 Å². The lowest BCUT2D eigenvalue weighted by molar-refractivity contribution is -0.142. The average Bonchev–Trinajstić information content (AvgIpc) is 3.48. The minimum Gasteiger partial charge on any atom is -0.480 e. The second kappa shape index (κ2) is 12.6. The number of hydrogen-bond donors (Lipinski definition) is 8. The van der Waals surface area contributed by atoms with Gasteiger partial charge < -0.3 is 41.9 Å². The fraction of sp³-hybridized carbons (Fsp3) is 0.524. The number of aliphatic hydroxyl groups excluding tert-OH is 1. The van der Waals surface area contributed by atoms with Crippen LogP contribution < -0.4 is 21.7 Å². The van der Waals surface area contributed by atoms with Gasteiger partial charge in [0, 0.05) is 36.6 Å². The molecule has 0 spiro atoms. The second-order valence-corrected chi connectivity index (χ2v) is 8.52. The number of aromatic amines is 2. The largest absolute Gasteiger partial charge is 0.480 e. The van der Waals surface area contributed by atoms with E-state index in [1.165, 1.54) is 32.0 Å². The molecule has 0 aromatic carbocycles. The lowest BCUT2D eigenvalue weighted by Gasteiger charge is -2.28. The highest BCUT2D eigenvalue weighted by Crippen LogP contribution is 2.07. The fourth-order valence-corrected chi connectivity index (χ4v) is 3.25. The Morgan fingerprint density at radius 3 is 1.86 bits per heavy atom. The molecule has 0 aliphatic heterocycles. The normalized spacial score (nSPS) is 15.5. The number of nitrogens with zero attached hydrogens (tertiary/aromatic N) is 2. The molecule has 0 radical (unpaired) electrons. The van der Waals surface area contributed by atoms with Crippen molar-refractivity contribution in [2.75, 3.05) is 0 Å². The van der Waals surface area contributed by atoms with Crippen molar-refractivity contribution >= 4 is 23.7 Å². The van der Waals surface area contributed by atoms with Crippen LogP contribution in [0.1, 0.15) is 32.2 Å². The van der Waals surface area contributed by atoms with Crippen LogP contribution in [-0.4, -0.2) is 84.1 Å². The predicted molar refractivity (Wildman–Crippen MR) is 123 cm³/mol. The van der Waals surface area contributed by atoms with Crippen LogP contribution in [0.25, 0.3) is 0 Å². The summed E-state index contributed by atoms with van der Waals surface area (Å²) in [6.07, 6.45) is 4.56. The van der Waals surface area contributed by atoms with Gasteiger partial charge in [-0.2, -0.15) is 0 Å². The molecule has 9 N–H and O–H groups in total. The van der Waals surface area contributed by atoms with Crippen LogP contribution >= 0.6 is 0 Å². The number of H-pyrrole nitrogens is 2. The van der Waals surface area contributed by atoms with E-state index in [0.717, 1.165) is 0 Å². The Kier molecular flexibility index (Phi) is 9.90. The maximum Gasteiger partial charge on any atom is 0.326 e. The highest BCUT2D eigenvalue weighted by atomic mass is 16.4. The molecule has 5 unspecified atom stereocenters. The number of aliphatic hydroxyl groups is 1. The molecular formula is C21H32N8O6. The molecule has 2 aromatic rings. The van der Waals surface area contributed by atoms with Gasteiger partial charge in [0.05, 0.1) is 24.8 Å². The molecule has 5 atom stereocenters. The molecule has 2 aromatic heterocycles. The van der Waals surface area contributed by atoms with E-state index >= 15 is 0 Å². The van der Waals surface area contributed by atoms with Gasteiger partial charge in [-0.3, -0.25) is 14.4 Å². The van der Waals surface area contributed by atoms with Crippen LogP contribution in [0.5, 0.6) is 0 Å². The Hall–Kier alpha value is -3.78. The molecular weight excluding hydrogens is 460 g/mol. The van der Waals surface area contributed by atoms with Gasteiger partial charge in [0.25, 0.3) is 0 Å². The van der Waals surface area contributed by atoms with Crippen molar-refractivity contribution in [2.45, 2.75) is 63.9 Å². The number of aliphatic carboxylic acids is 1. The smallest absolute Gasteiger partial charge is 0.326 e. The quantitative estimate of drug-likeness (QED) is 0.152. The Balaban J connectivity index is 2.05. The third-order valence-electron chi connectivity index (χ3n) is 5.23. The summed E-state index contributed by atoms with van der Waals surface area (Å²) >= 11 is 0. The molecule has 0 saturated heterocycles. The van der Waals surface area contributed by atoms with Crippen molar-refractivity contribution in [1.82, 2.24) is 35.9 Å². The maximum atomic E-state index is 12.9. The number of carbonyl (C=O) groups is 4. The van der Waals surface area contributed by atoms with E-state index in [4.69, 9.17) is 5.73 Å². The fourth-order valence-electron chi connectivity index (χ4n) is 3.25. The minimum absolute atomic E-state index is 0.0413. The number of nitrogens with one attached hydrogen (secondary N) is 5. The Morgan fingerprint density at radius 2 is 1.40 bits per heavy atom. The van der Waals surface area contributed by atoms with Gasteiger partial charge in [-0.05, 0) is 12.8 Å². The zero-order valence-electron chi connectivity index (χ0n) is 19.7. The second-order valence-electron chi connectivity index (χ2n) is 8.52. The molecule has 192 valence electrons. The number of carboxylic acid groups (broad SMARTS) is 1. The van der Waals surface area contributed by atoms with Crippen LogP contribution in [0.3, 0.4) is 0 Å². The highest BCUT2D eigenvalue weighted by Gasteiger charge is 2.33. The lowest BCUT2D eigenvalue weighted by Crippen LogP contribution is -2.61. The number of carbonyl (C=O) groups excluding carboxylic acids is 3. The van der Waals surface area contributed by atoms with Crippen molar-refractivity contribution in [1.29, 1.82) is 0 Å². The van der Waals surface area contributed by atoms with Crippen molar-refractivity contribution in [3.63, 3.8) is 0 Å². The van der Waals surface area contributed by atoms with E-state index < -0.39 is 59.9 Å². The SMILES string of the molecule is CC(C)C(NC(=O)C(NC(=O)C(N)Cc1cnc[nH]1)C(C)O)C(=O)NC(Cc1cnc[nH]1)C(=O)O. The molecule has 0 saturated carbocycles. The number of rotatable bonds is 13.